The van der Waals surface area contributed by atoms with Crippen LogP contribution in [0.2, 0.25) is 0 Å². The first-order valence-electron chi connectivity index (χ1n) is 12.3. The summed E-state index contributed by atoms with van der Waals surface area (Å²) in [6, 6.07) is 0. The van der Waals surface area contributed by atoms with Gasteiger partial charge >= 0.3 is 11.9 Å². The van der Waals surface area contributed by atoms with Gasteiger partial charge in [-0.3, -0.25) is 19.2 Å². The Hall–Kier alpha value is -1.76. The molecule has 0 spiro atoms. The molecule has 2 heterocycles. The Morgan fingerprint density at radius 3 is 2.12 bits per heavy atom. The van der Waals surface area contributed by atoms with Crippen LogP contribution in [0.25, 0.3) is 0 Å². The van der Waals surface area contributed by atoms with E-state index in [2.05, 4.69) is 0 Å². The van der Waals surface area contributed by atoms with Gasteiger partial charge in [-0.1, -0.05) is 34.6 Å². The smallest absolute Gasteiger partial charge is 0.316 e. The number of fused-ring (bicyclic) bond motifs is 1. The van der Waals surface area contributed by atoms with Gasteiger partial charge in [-0.15, -0.1) is 0 Å². The number of carbonyl (C=O) groups excluding carboxylic acids is 4. The van der Waals surface area contributed by atoms with Crippen molar-refractivity contribution in [1.29, 1.82) is 0 Å². The number of hydrogen-bond acceptors (Lipinski definition) is 7. The number of Topliss-reactive ketones (excluding diaryl/α,β-unsaturated/α-hetero) is 2. The molecule has 2 saturated heterocycles. The van der Waals surface area contributed by atoms with Gasteiger partial charge in [0.25, 0.3) is 0 Å². The molecule has 188 valence electrons. The molecule has 0 aromatic carbocycles. The van der Waals surface area contributed by atoms with Crippen molar-refractivity contribution >= 4 is 23.5 Å². The molecule has 0 amide bonds. The van der Waals surface area contributed by atoms with Crippen LogP contribution in [0.4, 0.5) is 0 Å². The van der Waals surface area contributed by atoms with Gasteiger partial charge in [-0.25, -0.2) is 0 Å². The summed E-state index contributed by atoms with van der Waals surface area (Å²) in [5.41, 5.74) is -2.69. The van der Waals surface area contributed by atoms with E-state index in [1.54, 1.807) is 27.9 Å². The third-order valence-corrected chi connectivity index (χ3v) is 8.96. The topological polar surface area (TPSA) is 96.0 Å². The Morgan fingerprint density at radius 1 is 1.00 bits per heavy atom. The second kappa shape index (κ2) is 9.85. The normalized spacial score (nSPS) is 43.5. The van der Waals surface area contributed by atoms with Crippen molar-refractivity contribution in [2.45, 2.75) is 105 Å². The van der Waals surface area contributed by atoms with Crippen LogP contribution in [0.1, 0.15) is 87.5 Å². The minimum atomic E-state index is -1.16. The van der Waals surface area contributed by atoms with E-state index >= 15 is 0 Å². The molecule has 0 unspecified atom stereocenters. The summed E-state index contributed by atoms with van der Waals surface area (Å²) in [4.78, 5) is 52.4. The number of rotatable bonds is 3. The van der Waals surface area contributed by atoms with Gasteiger partial charge < -0.3 is 14.2 Å². The first kappa shape index (κ1) is 27.5. The molecule has 2 fully saturated rings. The Labute approximate surface area is 198 Å². The van der Waals surface area contributed by atoms with Crippen molar-refractivity contribution in [2.75, 3.05) is 7.11 Å². The summed E-state index contributed by atoms with van der Waals surface area (Å²) in [6.45, 7) is 14.6. The molecule has 7 nitrogen and oxygen atoms in total. The van der Waals surface area contributed by atoms with Crippen LogP contribution in [0, 0.1) is 29.1 Å². The van der Waals surface area contributed by atoms with Crippen molar-refractivity contribution in [3.63, 3.8) is 0 Å². The van der Waals surface area contributed by atoms with Crippen molar-refractivity contribution < 1.29 is 33.4 Å². The lowest BCUT2D eigenvalue weighted by molar-refractivity contribution is -0.191. The Morgan fingerprint density at radius 2 is 1.61 bits per heavy atom. The van der Waals surface area contributed by atoms with E-state index in [4.69, 9.17) is 14.2 Å². The van der Waals surface area contributed by atoms with Crippen LogP contribution in [-0.4, -0.2) is 47.9 Å². The zero-order valence-corrected chi connectivity index (χ0v) is 21.8. The molecule has 0 bridgehead atoms. The van der Waals surface area contributed by atoms with Crippen LogP contribution in [0.3, 0.4) is 0 Å². The van der Waals surface area contributed by atoms with E-state index in [0.29, 0.717) is 19.3 Å². The van der Waals surface area contributed by atoms with Crippen LogP contribution < -0.4 is 0 Å². The maximum atomic E-state index is 13.5. The quantitative estimate of drug-likeness (QED) is 0.452. The highest BCUT2D eigenvalue weighted by Crippen LogP contribution is 2.53. The average Bonchev–Trinajstić information content (AvgIpc) is 3.04. The van der Waals surface area contributed by atoms with Crippen LogP contribution >= 0.6 is 0 Å². The molecule has 0 aromatic rings. The minimum absolute atomic E-state index is 0.0161. The molecular weight excluding hydrogens is 424 g/mol. The maximum absolute atomic E-state index is 13.5. The number of cyclic esters (lactones) is 1. The lowest BCUT2D eigenvalue weighted by Crippen LogP contribution is -2.55. The molecule has 8 atom stereocenters. The molecule has 0 saturated carbocycles. The molecule has 0 aromatic heterocycles. The van der Waals surface area contributed by atoms with Gasteiger partial charge in [-0.05, 0) is 46.0 Å². The number of ketones is 2. The lowest BCUT2D eigenvalue weighted by atomic mass is 9.63. The van der Waals surface area contributed by atoms with Crippen LogP contribution in [0.5, 0.6) is 0 Å². The molecule has 0 radical (unpaired) electrons. The number of carbonyl (C=O) groups is 4. The van der Waals surface area contributed by atoms with Crippen molar-refractivity contribution in [3.05, 3.63) is 0 Å². The zero-order valence-electron chi connectivity index (χ0n) is 21.8. The monoisotopic (exact) mass is 466 g/mol. The van der Waals surface area contributed by atoms with Gasteiger partial charge in [0.1, 0.15) is 23.6 Å². The predicted octanol–water partition coefficient (Wildman–Crippen LogP) is 4.29. The Bertz CT molecular complexity index is 792. The number of methoxy groups -OCH3 is 1. The summed E-state index contributed by atoms with van der Waals surface area (Å²) in [6.07, 6.45) is 0.841. The largest absolute Gasteiger partial charge is 0.458 e. The summed E-state index contributed by atoms with van der Waals surface area (Å²) in [7, 11) is 1.59. The SMILES string of the molecule is CC[C@H]1OC(=O)[C@H](C)C(=O)[C@H](C)[C@@H](C)[C@](C)(OC)C[C@@H](C)C(=O)C[C@]2(CC)CC(=O)O[C@]12C. The van der Waals surface area contributed by atoms with Gasteiger partial charge in [0, 0.05) is 30.8 Å². The fourth-order valence-electron chi connectivity index (χ4n) is 5.88. The fraction of sp³-hybridized carbons (Fsp3) is 0.846. The van der Waals surface area contributed by atoms with Crippen molar-refractivity contribution in [1.82, 2.24) is 0 Å². The highest BCUT2D eigenvalue weighted by Gasteiger charge is 2.62. The average molecular weight is 467 g/mol. The molecule has 2 aliphatic heterocycles. The van der Waals surface area contributed by atoms with Gasteiger partial charge in [-0.2, -0.15) is 0 Å². The second-order valence-corrected chi connectivity index (χ2v) is 10.7. The summed E-state index contributed by atoms with van der Waals surface area (Å²) < 4.78 is 17.6. The molecule has 2 rings (SSSR count). The van der Waals surface area contributed by atoms with Crippen molar-refractivity contribution in [2.24, 2.45) is 29.1 Å². The van der Waals surface area contributed by atoms with E-state index in [0.717, 1.165) is 0 Å². The molecular formula is C26H42O7. The predicted molar refractivity (Wildman–Crippen MR) is 123 cm³/mol. The Kier molecular flexibility index (Phi) is 8.20. The number of hydrogen-bond donors (Lipinski definition) is 0. The Balaban J connectivity index is 2.62. The number of esters is 2. The van der Waals surface area contributed by atoms with Crippen LogP contribution in [0.15, 0.2) is 0 Å². The molecule has 2 aliphatic rings. The fourth-order valence-corrected chi connectivity index (χ4v) is 5.88. The zero-order chi connectivity index (χ0) is 25.4. The molecule has 0 N–H and O–H groups in total. The van der Waals surface area contributed by atoms with E-state index in [-0.39, 0.29) is 36.2 Å². The number of ether oxygens (including phenoxy) is 3. The van der Waals surface area contributed by atoms with Crippen LogP contribution in [-0.2, 0) is 33.4 Å². The van der Waals surface area contributed by atoms with E-state index in [1.807, 2.05) is 34.6 Å². The van der Waals surface area contributed by atoms with Crippen molar-refractivity contribution in [3.8, 4) is 0 Å². The second-order valence-electron chi connectivity index (χ2n) is 10.7. The third-order valence-electron chi connectivity index (χ3n) is 8.96. The van der Waals surface area contributed by atoms with Gasteiger partial charge in [0.15, 0.2) is 5.60 Å². The molecule has 0 aliphatic carbocycles. The minimum Gasteiger partial charge on any atom is -0.458 e. The first-order valence-corrected chi connectivity index (χ1v) is 12.3. The van der Waals surface area contributed by atoms with E-state index in [1.165, 1.54) is 0 Å². The maximum Gasteiger partial charge on any atom is 0.316 e. The van der Waals surface area contributed by atoms with Gasteiger partial charge in [0.05, 0.1) is 12.0 Å². The standard InChI is InChI=1S/C26H42O7/c1-10-20-25(8)26(11-2,14-21(28)33-25)13-19(27)15(3)12-24(7,31-9)18(6)16(4)22(29)17(5)23(30)32-20/h15-18,20H,10-14H2,1-9H3/t15-,16-,17-,18-,20-,24-,25-,26-/m1/s1. The third kappa shape index (κ3) is 4.75. The molecule has 33 heavy (non-hydrogen) atoms. The first-order chi connectivity index (χ1) is 15.2. The molecule has 7 heteroatoms. The van der Waals surface area contributed by atoms with E-state index in [9.17, 15) is 19.2 Å². The summed E-state index contributed by atoms with van der Waals surface area (Å²) >= 11 is 0. The highest BCUT2D eigenvalue weighted by molar-refractivity contribution is 6.00. The summed E-state index contributed by atoms with van der Waals surface area (Å²) in [5.74, 6) is -3.24. The highest BCUT2D eigenvalue weighted by atomic mass is 16.6. The van der Waals surface area contributed by atoms with E-state index < -0.39 is 46.5 Å². The lowest BCUT2D eigenvalue weighted by Gasteiger charge is -2.45. The summed E-state index contributed by atoms with van der Waals surface area (Å²) in [5, 5.41) is 0. The van der Waals surface area contributed by atoms with Gasteiger partial charge in [0.2, 0.25) is 0 Å².